The maximum absolute atomic E-state index is 8.25. The largest absolute Gasteiger partial charge is 0.554 e. The van der Waals surface area contributed by atoms with Gasteiger partial charge in [-0.1, -0.05) is 34.1 Å². The van der Waals surface area contributed by atoms with Crippen LogP contribution in [0.2, 0.25) is 0 Å². The van der Waals surface area contributed by atoms with Crippen LogP contribution < -0.4 is 9.67 Å². The molecule has 1 aromatic rings. The van der Waals surface area contributed by atoms with Gasteiger partial charge in [0.2, 0.25) is 6.33 Å². The van der Waals surface area contributed by atoms with E-state index in [9.17, 15) is 0 Å². The highest BCUT2D eigenvalue weighted by Gasteiger charge is 2.31. The molecule has 20 heavy (non-hydrogen) atoms. The highest BCUT2D eigenvalue weighted by Crippen LogP contribution is 2.28. The number of carbonyl (C=O) groups excluding carboxylic acids is 1. The summed E-state index contributed by atoms with van der Waals surface area (Å²) in [5.74, 6) is 0. The van der Waals surface area contributed by atoms with Crippen LogP contribution in [0.25, 0.3) is 0 Å². The van der Waals surface area contributed by atoms with E-state index in [-0.39, 0.29) is 5.54 Å². The van der Waals surface area contributed by atoms with Gasteiger partial charge in [0.1, 0.15) is 17.9 Å². The Kier molecular flexibility index (Phi) is 7.54. The number of imidazole rings is 1. The Morgan fingerprint density at radius 1 is 1.25 bits per heavy atom. The molecule has 1 rings (SSSR count). The zero-order chi connectivity index (χ0) is 15.8. The van der Waals surface area contributed by atoms with Crippen molar-refractivity contribution in [3.05, 3.63) is 18.7 Å². The van der Waals surface area contributed by atoms with Crippen LogP contribution in [0.1, 0.15) is 60.8 Å². The molecule has 0 radical (unpaired) electrons. The first-order valence-electron chi connectivity index (χ1n) is 7.29. The average Bonchev–Trinajstić information content (AvgIpc) is 2.73. The quantitative estimate of drug-likeness (QED) is 0.613. The number of unbranched alkanes of at least 4 members (excludes halogenated alkanes) is 1. The maximum Gasteiger partial charge on any atom is 0.244 e. The van der Waals surface area contributed by atoms with Gasteiger partial charge in [-0.05, 0) is 32.1 Å². The second-order valence-electron chi connectivity index (χ2n) is 7.06. The number of hydrogen-bond acceptors (Lipinski definition) is 2. The monoisotopic (exact) mass is 282 g/mol. The minimum Gasteiger partial charge on any atom is -0.554 e. The Morgan fingerprint density at radius 3 is 2.25 bits per heavy atom. The zero-order valence-corrected chi connectivity index (χ0v) is 13.8. The summed E-state index contributed by atoms with van der Waals surface area (Å²) < 4.78 is 4.65. The second kappa shape index (κ2) is 8.08. The van der Waals surface area contributed by atoms with Crippen molar-refractivity contribution in [1.29, 1.82) is 0 Å². The predicted molar refractivity (Wildman–Crippen MR) is 79.0 cm³/mol. The smallest absolute Gasteiger partial charge is 0.244 e. The molecule has 0 bridgehead atoms. The number of rotatable bonds is 5. The van der Waals surface area contributed by atoms with E-state index in [0.29, 0.717) is 5.41 Å². The molecule has 0 fully saturated rings. The van der Waals surface area contributed by atoms with Crippen LogP contribution in [0.3, 0.4) is 0 Å². The lowest BCUT2D eigenvalue weighted by Gasteiger charge is -2.29. The topological polar surface area (TPSA) is 48.9 Å². The van der Waals surface area contributed by atoms with E-state index < -0.39 is 6.47 Å². The molecule has 0 amide bonds. The van der Waals surface area contributed by atoms with Crippen LogP contribution in [0, 0.1) is 5.41 Å². The highest BCUT2D eigenvalue weighted by molar-refractivity contribution is 5.29. The molecule has 0 aliphatic carbocycles. The van der Waals surface area contributed by atoms with Crippen molar-refractivity contribution in [2.45, 2.75) is 72.9 Å². The molecule has 1 aromatic heterocycles. The van der Waals surface area contributed by atoms with Crippen LogP contribution in [0.4, 0.5) is 0 Å². The van der Waals surface area contributed by atoms with Gasteiger partial charge in [0.05, 0.1) is 6.54 Å². The minimum atomic E-state index is -0.500. The summed E-state index contributed by atoms with van der Waals surface area (Å²) in [6.45, 7) is 14.4. The van der Waals surface area contributed by atoms with Crippen LogP contribution in [0.15, 0.2) is 18.7 Å². The Bertz CT molecular complexity index is 389. The van der Waals surface area contributed by atoms with E-state index in [1.54, 1.807) is 0 Å². The van der Waals surface area contributed by atoms with Crippen molar-refractivity contribution in [3.8, 4) is 0 Å². The van der Waals surface area contributed by atoms with Crippen LogP contribution in [0.5, 0.6) is 0 Å². The summed E-state index contributed by atoms with van der Waals surface area (Å²) in [5, 5.41) is 8.25. The maximum atomic E-state index is 8.25. The number of carboxylic acid groups (broad SMARTS) is 1. The molecule has 1 heterocycles. The van der Waals surface area contributed by atoms with E-state index in [2.05, 4.69) is 69.4 Å². The summed E-state index contributed by atoms with van der Waals surface area (Å²) in [4.78, 5) is 8.25. The third-order valence-corrected chi connectivity index (χ3v) is 3.12. The van der Waals surface area contributed by atoms with E-state index in [1.165, 1.54) is 19.3 Å². The Morgan fingerprint density at radius 2 is 1.80 bits per heavy atom. The third-order valence-electron chi connectivity index (χ3n) is 3.12. The number of hydrogen-bond donors (Lipinski definition) is 0. The molecule has 0 aromatic carbocycles. The van der Waals surface area contributed by atoms with Gasteiger partial charge in [-0.25, -0.2) is 9.13 Å². The van der Waals surface area contributed by atoms with Gasteiger partial charge < -0.3 is 9.90 Å². The van der Waals surface area contributed by atoms with Crippen molar-refractivity contribution < 1.29 is 14.5 Å². The van der Waals surface area contributed by atoms with Crippen molar-refractivity contribution in [2.75, 3.05) is 0 Å². The average molecular weight is 282 g/mol. The van der Waals surface area contributed by atoms with Crippen molar-refractivity contribution in [1.82, 2.24) is 4.57 Å². The summed E-state index contributed by atoms with van der Waals surface area (Å²) in [5.41, 5.74) is 0.553. The molecule has 0 atom stereocenters. The molecule has 4 nitrogen and oxygen atoms in total. The molecule has 0 aliphatic heterocycles. The standard InChI is InChI=1S/C15H29N2.CH2O2/c1-7-8-9-16-10-11-17(13-16)15(5,6)12-14(2,3)4;2-1-3/h10-11,13H,7-9,12H2,1-6H3;1H,(H,2,3)/q+1;/p-1. The van der Waals surface area contributed by atoms with Crippen LogP contribution in [-0.2, 0) is 16.9 Å². The first-order valence-corrected chi connectivity index (χ1v) is 7.29. The SMILES string of the molecule is CCCCn1cc[n+](C(C)(C)CC(C)(C)C)c1.O=C[O-]. The molecular formula is C16H30N2O2. The summed E-state index contributed by atoms with van der Waals surface area (Å²) in [6.07, 6.45) is 10.4. The number of aromatic nitrogens is 2. The van der Waals surface area contributed by atoms with Gasteiger partial charge in [-0.15, -0.1) is 0 Å². The fraction of sp³-hybridized carbons (Fsp3) is 0.750. The lowest BCUT2D eigenvalue weighted by Crippen LogP contribution is -2.52. The Labute approximate surface area is 123 Å². The molecule has 0 saturated heterocycles. The molecule has 0 N–H and O–H groups in total. The Hall–Kier alpha value is -1.32. The number of carbonyl (C=O) groups is 1. The number of aryl methyl sites for hydroxylation is 1. The minimum absolute atomic E-state index is 0.190. The molecular weight excluding hydrogens is 252 g/mol. The van der Waals surface area contributed by atoms with Gasteiger partial charge in [0.15, 0.2) is 0 Å². The summed E-state index contributed by atoms with van der Waals surface area (Å²) in [7, 11) is 0. The highest BCUT2D eigenvalue weighted by atomic mass is 16.3. The lowest BCUT2D eigenvalue weighted by molar-refractivity contribution is -0.759. The lowest BCUT2D eigenvalue weighted by atomic mass is 9.82. The molecule has 0 unspecified atom stereocenters. The summed E-state index contributed by atoms with van der Waals surface area (Å²) in [6, 6.07) is 0. The predicted octanol–water partition coefficient (Wildman–Crippen LogP) is 2.11. The summed E-state index contributed by atoms with van der Waals surface area (Å²) >= 11 is 0. The second-order valence-corrected chi connectivity index (χ2v) is 7.06. The molecule has 116 valence electrons. The van der Waals surface area contributed by atoms with E-state index >= 15 is 0 Å². The molecule has 0 spiro atoms. The van der Waals surface area contributed by atoms with E-state index in [4.69, 9.17) is 9.90 Å². The van der Waals surface area contributed by atoms with Gasteiger partial charge in [-0.2, -0.15) is 0 Å². The normalized spacial score (nSPS) is 11.7. The Balaban J connectivity index is 0.00000110. The zero-order valence-electron chi connectivity index (χ0n) is 13.8. The molecule has 4 heteroatoms. The number of nitrogens with zero attached hydrogens (tertiary/aromatic N) is 2. The molecule has 0 saturated carbocycles. The van der Waals surface area contributed by atoms with Gasteiger partial charge in [0.25, 0.3) is 0 Å². The van der Waals surface area contributed by atoms with Gasteiger partial charge in [-0.3, -0.25) is 0 Å². The first kappa shape index (κ1) is 18.7. The fourth-order valence-electron chi connectivity index (χ4n) is 2.61. The molecule has 0 aliphatic rings. The van der Waals surface area contributed by atoms with Crippen molar-refractivity contribution >= 4 is 6.47 Å². The fourth-order valence-corrected chi connectivity index (χ4v) is 2.61. The van der Waals surface area contributed by atoms with Gasteiger partial charge in [0, 0.05) is 6.47 Å². The van der Waals surface area contributed by atoms with Crippen molar-refractivity contribution in [2.24, 2.45) is 5.41 Å². The van der Waals surface area contributed by atoms with Crippen LogP contribution in [-0.4, -0.2) is 11.0 Å². The van der Waals surface area contributed by atoms with E-state index in [0.717, 1.165) is 6.54 Å². The van der Waals surface area contributed by atoms with Crippen molar-refractivity contribution in [3.63, 3.8) is 0 Å². The first-order chi connectivity index (χ1) is 9.16. The van der Waals surface area contributed by atoms with E-state index in [1.807, 2.05) is 0 Å². The van der Waals surface area contributed by atoms with Crippen LogP contribution >= 0.6 is 0 Å². The van der Waals surface area contributed by atoms with Gasteiger partial charge >= 0.3 is 0 Å². The third kappa shape index (κ3) is 7.31.